The third-order valence-electron chi connectivity index (χ3n) is 9.73. The largest absolute Gasteiger partial charge is 0.0622 e. The molecule has 0 N–H and O–H groups in total. The maximum Gasteiger partial charge on any atom is -0.0238 e. The van der Waals surface area contributed by atoms with Crippen LogP contribution >= 0.6 is 7.92 Å². The molecule has 0 radical (unpaired) electrons. The first-order valence-electron chi connectivity index (χ1n) is 17.6. The number of aryl methyl sites for hydroxylation is 2. The van der Waals surface area contributed by atoms with Gasteiger partial charge in [-0.05, 0) is 24.0 Å². The molecule has 50 heavy (non-hydrogen) atoms. The quantitative estimate of drug-likeness (QED) is 0.110. The standard InChI is InChI=1S/C21H16P.C14H14.C13H9.Ti/c1-3-11-19(12-4-1)22(20-13-5-2-6-14-20)21-15-17-9-7-8-10-18(17)16-21;1-3-7-13(8-4-1)11-12-14-9-5-2-6-10-14;1-3-7-12-10(5-1)9-11-6-2-4-8-13(11)12;/h1-16H;1-10H,11-12H2;1-5,7-8H,9H2;. The van der Waals surface area contributed by atoms with Gasteiger partial charge in [0.05, 0.1) is 0 Å². The molecular weight excluding hydrogens is 655 g/mol. The number of hydrogen-bond donors (Lipinski definition) is 0. The molecule has 0 aliphatic heterocycles. The van der Waals surface area contributed by atoms with Crippen molar-refractivity contribution in [3.05, 3.63) is 227 Å². The Bertz CT molecular complexity index is 2130. The molecule has 1 unspecified atom stereocenters. The number of fused-ring (bicyclic) bond motifs is 4. The first kappa shape index (κ1) is 32.6. The monoisotopic (exact) mass is 694 g/mol. The van der Waals surface area contributed by atoms with Crippen LogP contribution in [0.15, 0.2) is 193 Å². The molecule has 0 fully saturated rings. The van der Waals surface area contributed by atoms with E-state index in [1.165, 1.54) is 49.6 Å². The van der Waals surface area contributed by atoms with Crippen LogP contribution in [0.25, 0.3) is 17.2 Å². The van der Waals surface area contributed by atoms with Crippen molar-refractivity contribution in [1.29, 1.82) is 0 Å². The SMILES string of the molecule is C1=C(P(c2ccccc2)c2ccccc2)[CH]([Ti][c]2cccc3c2Cc2ccccc2-3)c2ccccc21.c1ccc(CCc2ccccc2)cc1. The number of allylic oxidation sites excluding steroid dienone is 1. The second-order valence-corrected chi connectivity index (χ2v) is 17.3. The molecule has 9 rings (SSSR count). The first-order chi connectivity index (χ1) is 24.8. The molecule has 7 aromatic rings. The predicted molar refractivity (Wildman–Crippen MR) is 211 cm³/mol. The van der Waals surface area contributed by atoms with Gasteiger partial charge in [-0.15, -0.1) is 0 Å². The van der Waals surface area contributed by atoms with E-state index >= 15 is 0 Å². The van der Waals surface area contributed by atoms with Gasteiger partial charge in [0.15, 0.2) is 0 Å². The van der Waals surface area contributed by atoms with Gasteiger partial charge in [0, 0.05) is 0 Å². The van der Waals surface area contributed by atoms with Gasteiger partial charge in [-0.1, -0.05) is 60.7 Å². The van der Waals surface area contributed by atoms with Crippen molar-refractivity contribution in [2.45, 2.75) is 23.5 Å². The van der Waals surface area contributed by atoms with Gasteiger partial charge in [-0.25, -0.2) is 0 Å². The molecule has 0 amide bonds. The topological polar surface area (TPSA) is 0 Å². The van der Waals surface area contributed by atoms with Crippen molar-refractivity contribution in [2.75, 3.05) is 0 Å². The van der Waals surface area contributed by atoms with E-state index in [1.54, 1.807) is 14.7 Å². The van der Waals surface area contributed by atoms with Crippen LogP contribution in [0, 0.1) is 0 Å². The summed E-state index contributed by atoms with van der Waals surface area (Å²) in [5.41, 5.74) is 11.7. The number of benzene rings is 7. The Morgan fingerprint density at radius 1 is 0.480 bits per heavy atom. The van der Waals surface area contributed by atoms with Crippen LogP contribution in [-0.2, 0) is 38.4 Å². The van der Waals surface area contributed by atoms with Crippen LogP contribution in [0.1, 0.15) is 37.6 Å². The average Bonchev–Trinajstić information content (AvgIpc) is 3.75. The van der Waals surface area contributed by atoms with Crippen molar-refractivity contribution < 1.29 is 19.2 Å². The summed E-state index contributed by atoms with van der Waals surface area (Å²) in [5.74, 6) is 0. The van der Waals surface area contributed by atoms with Crippen LogP contribution in [0.2, 0.25) is 0 Å². The van der Waals surface area contributed by atoms with Crippen LogP contribution in [0.4, 0.5) is 0 Å². The summed E-state index contributed by atoms with van der Waals surface area (Å²) < 4.78 is 2.12. The molecule has 240 valence electrons. The van der Waals surface area contributed by atoms with Crippen molar-refractivity contribution in [3.8, 4) is 11.1 Å². The Morgan fingerprint density at radius 3 is 1.64 bits per heavy atom. The molecule has 0 saturated heterocycles. The molecule has 0 nitrogen and oxygen atoms in total. The van der Waals surface area contributed by atoms with E-state index in [-0.39, 0.29) is 0 Å². The Kier molecular flexibility index (Phi) is 10.1. The molecule has 0 spiro atoms. The first-order valence-corrected chi connectivity index (χ1v) is 20.6. The minimum Gasteiger partial charge on any atom is -0.0622 e. The van der Waals surface area contributed by atoms with Crippen molar-refractivity contribution in [3.63, 3.8) is 0 Å². The maximum absolute atomic E-state index is 2.53. The summed E-state index contributed by atoms with van der Waals surface area (Å²) in [6.45, 7) is 0. The Hall–Kier alpha value is -4.58. The zero-order valence-electron chi connectivity index (χ0n) is 28.1. The third kappa shape index (κ3) is 7.17. The number of hydrogen-bond acceptors (Lipinski definition) is 0. The Balaban J connectivity index is 0.000000216. The van der Waals surface area contributed by atoms with Gasteiger partial charge in [-0.3, -0.25) is 0 Å². The van der Waals surface area contributed by atoms with Gasteiger partial charge in [0.25, 0.3) is 0 Å². The summed E-state index contributed by atoms with van der Waals surface area (Å²) >= 11 is -0.465. The van der Waals surface area contributed by atoms with Gasteiger partial charge >= 0.3 is 224 Å². The van der Waals surface area contributed by atoms with Crippen LogP contribution in [0.3, 0.4) is 0 Å². The molecule has 0 bridgehead atoms. The van der Waals surface area contributed by atoms with Gasteiger partial charge in [0.1, 0.15) is 0 Å². The fourth-order valence-corrected chi connectivity index (χ4v) is 13.1. The molecule has 2 heteroatoms. The third-order valence-corrected chi connectivity index (χ3v) is 15.3. The van der Waals surface area contributed by atoms with Crippen LogP contribution in [0.5, 0.6) is 0 Å². The molecule has 2 aliphatic carbocycles. The van der Waals surface area contributed by atoms with Gasteiger partial charge < -0.3 is 0 Å². The van der Waals surface area contributed by atoms with Crippen molar-refractivity contribution in [2.24, 2.45) is 0 Å². The predicted octanol–water partition coefficient (Wildman–Crippen LogP) is 10.7. The second kappa shape index (κ2) is 15.5. The van der Waals surface area contributed by atoms with E-state index in [0.717, 1.165) is 19.3 Å². The van der Waals surface area contributed by atoms with E-state index in [1.807, 2.05) is 0 Å². The van der Waals surface area contributed by atoms with Gasteiger partial charge in [0.2, 0.25) is 0 Å². The maximum atomic E-state index is 2.53. The van der Waals surface area contributed by atoms with Crippen LogP contribution in [-0.4, -0.2) is 0 Å². The number of rotatable bonds is 8. The summed E-state index contributed by atoms with van der Waals surface area (Å²) in [7, 11) is -0.594. The average molecular weight is 695 g/mol. The fraction of sp³-hybridized carbons (Fsp3) is 0.0833. The Labute approximate surface area is 307 Å². The Morgan fingerprint density at radius 2 is 1.00 bits per heavy atom. The zero-order chi connectivity index (χ0) is 33.5. The molecular formula is C48H39PTi. The van der Waals surface area contributed by atoms with E-state index < -0.39 is 27.1 Å². The molecule has 0 saturated carbocycles. The molecule has 0 heterocycles. The molecule has 7 aromatic carbocycles. The minimum absolute atomic E-state index is 0.465. The normalized spacial score (nSPS) is 13.8. The van der Waals surface area contributed by atoms with Crippen molar-refractivity contribution >= 4 is 28.5 Å². The van der Waals surface area contributed by atoms with E-state index in [2.05, 4.69) is 194 Å². The molecule has 1 atom stereocenters. The summed E-state index contributed by atoms with van der Waals surface area (Å²) in [6, 6.07) is 68.8. The van der Waals surface area contributed by atoms with Crippen molar-refractivity contribution in [1.82, 2.24) is 0 Å². The second-order valence-electron chi connectivity index (χ2n) is 12.9. The zero-order valence-corrected chi connectivity index (χ0v) is 30.6. The summed E-state index contributed by atoms with van der Waals surface area (Å²) in [6.07, 6.45) is 5.87. The summed E-state index contributed by atoms with van der Waals surface area (Å²) in [4.78, 5) is 0. The van der Waals surface area contributed by atoms with Crippen LogP contribution < -0.4 is 14.5 Å². The smallest absolute Gasteiger partial charge is 0.0238 e. The summed E-state index contributed by atoms with van der Waals surface area (Å²) in [5, 5.41) is 4.51. The fourth-order valence-electron chi connectivity index (χ4n) is 7.28. The van der Waals surface area contributed by atoms with Gasteiger partial charge in [-0.2, -0.15) is 0 Å². The van der Waals surface area contributed by atoms with E-state index in [0.29, 0.717) is 4.22 Å². The minimum atomic E-state index is -0.594. The van der Waals surface area contributed by atoms with E-state index in [4.69, 9.17) is 0 Å². The molecule has 2 aliphatic rings. The van der Waals surface area contributed by atoms with E-state index in [9.17, 15) is 0 Å². The molecule has 0 aromatic heterocycles.